The van der Waals surface area contributed by atoms with E-state index in [0.717, 1.165) is 12.2 Å². The van der Waals surface area contributed by atoms with E-state index >= 15 is 0 Å². The molecule has 1 aromatic heterocycles. The molecule has 0 amide bonds. The zero-order valence-corrected chi connectivity index (χ0v) is 11.4. The van der Waals surface area contributed by atoms with Crippen LogP contribution in [-0.4, -0.2) is 35.0 Å². The van der Waals surface area contributed by atoms with Gasteiger partial charge in [0.2, 0.25) is 0 Å². The first-order chi connectivity index (χ1) is 9.85. The Morgan fingerprint density at radius 1 is 1.30 bits per heavy atom. The number of methoxy groups -OCH3 is 1. The summed E-state index contributed by atoms with van der Waals surface area (Å²) in [7, 11) is 1.57. The Labute approximate surface area is 117 Å². The Balaban J connectivity index is 1.85. The van der Waals surface area contributed by atoms with E-state index in [4.69, 9.17) is 9.47 Å². The summed E-state index contributed by atoms with van der Waals surface area (Å²) in [5.74, 6) is 0.844. The van der Waals surface area contributed by atoms with Gasteiger partial charge < -0.3 is 9.47 Å². The van der Waals surface area contributed by atoms with Crippen molar-refractivity contribution < 1.29 is 14.3 Å². The van der Waals surface area contributed by atoms with E-state index in [1.807, 2.05) is 30.3 Å². The fourth-order valence-electron chi connectivity index (χ4n) is 1.82. The van der Waals surface area contributed by atoms with Gasteiger partial charge in [-0.3, -0.25) is 4.79 Å². The largest absolute Gasteiger partial charge is 0.494 e. The number of hydrogen-bond acceptors (Lipinski definition) is 5. The summed E-state index contributed by atoms with van der Waals surface area (Å²) >= 11 is 0. The van der Waals surface area contributed by atoms with Gasteiger partial charge in [-0.15, -0.1) is 5.10 Å². The topological polar surface area (TPSA) is 66.2 Å². The monoisotopic (exact) mass is 275 g/mol. The third-order valence-corrected chi connectivity index (χ3v) is 2.79. The molecule has 2 rings (SSSR count). The number of aldehydes is 1. The fourth-order valence-corrected chi connectivity index (χ4v) is 1.82. The van der Waals surface area contributed by atoms with Crippen molar-refractivity contribution in [1.82, 2.24) is 15.0 Å². The molecule has 1 heterocycles. The highest BCUT2D eigenvalue weighted by Crippen LogP contribution is 2.09. The third kappa shape index (κ3) is 3.64. The molecule has 106 valence electrons. The van der Waals surface area contributed by atoms with Crippen molar-refractivity contribution in [1.29, 1.82) is 0 Å². The number of carbonyl (C=O) groups is 1. The Morgan fingerprint density at radius 2 is 2.10 bits per heavy atom. The molecule has 0 aliphatic carbocycles. The average Bonchev–Trinajstić information content (AvgIpc) is 2.87. The van der Waals surface area contributed by atoms with Gasteiger partial charge in [0.25, 0.3) is 0 Å². The predicted octanol–water partition coefficient (Wildman–Crippen LogP) is 1.71. The van der Waals surface area contributed by atoms with E-state index in [9.17, 15) is 4.79 Å². The number of ether oxygens (including phenoxy) is 2. The van der Waals surface area contributed by atoms with Gasteiger partial charge in [0, 0.05) is 20.1 Å². The van der Waals surface area contributed by atoms with Crippen molar-refractivity contribution >= 4 is 6.29 Å². The summed E-state index contributed by atoms with van der Waals surface area (Å²) in [6.07, 6.45) is 1.46. The number of nitrogens with zero attached hydrogens (tertiary/aromatic N) is 3. The summed E-state index contributed by atoms with van der Waals surface area (Å²) in [6, 6.07) is 9.63. The lowest BCUT2D eigenvalue weighted by molar-refractivity contribution is 0.111. The Kier molecular flexibility index (Phi) is 5.25. The number of benzene rings is 1. The molecular formula is C14H17N3O3. The summed E-state index contributed by atoms with van der Waals surface area (Å²) in [5, 5.41) is 7.76. The van der Waals surface area contributed by atoms with Crippen LogP contribution in [-0.2, 0) is 17.9 Å². The number of hydrogen-bond donors (Lipinski definition) is 0. The summed E-state index contributed by atoms with van der Waals surface area (Å²) in [5.41, 5.74) is 1.03. The SMILES string of the molecule is COCc1c(C=O)nnn1CCCOc1ccccc1. The maximum absolute atomic E-state index is 10.8. The second kappa shape index (κ2) is 7.40. The Morgan fingerprint density at radius 3 is 2.80 bits per heavy atom. The molecule has 0 radical (unpaired) electrons. The van der Waals surface area contributed by atoms with Crippen molar-refractivity contribution in [2.45, 2.75) is 19.6 Å². The number of aryl methyl sites for hydroxylation is 1. The zero-order valence-electron chi connectivity index (χ0n) is 11.4. The molecule has 0 aliphatic rings. The number of rotatable bonds is 8. The molecule has 0 unspecified atom stereocenters. The molecular weight excluding hydrogens is 258 g/mol. The van der Waals surface area contributed by atoms with Crippen LogP contribution in [0.4, 0.5) is 0 Å². The molecule has 0 saturated carbocycles. The van der Waals surface area contributed by atoms with Gasteiger partial charge >= 0.3 is 0 Å². The van der Waals surface area contributed by atoms with Crippen LogP contribution < -0.4 is 4.74 Å². The first kappa shape index (κ1) is 14.2. The van der Waals surface area contributed by atoms with E-state index < -0.39 is 0 Å². The average molecular weight is 275 g/mol. The molecule has 0 atom stereocenters. The van der Waals surface area contributed by atoms with E-state index in [0.29, 0.717) is 37.4 Å². The molecule has 20 heavy (non-hydrogen) atoms. The minimum Gasteiger partial charge on any atom is -0.494 e. The highest BCUT2D eigenvalue weighted by Gasteiger charge is 2.11. The predicted molar refractivity (Wildman–Crippen MR) is 72.7 cm³/mol. The molecule has 1 aromatic carbocycles. The van der Waals surface area contributed by atoms with Crippen LogP contribution >= 0.6 is 0 Å². The number of para-hydroxylation sites is 1. The molecule has 0 N–H and O–H groups in total. The van der Waals surface area contributed by atoms with Crippen molar-refractivity contribution in [3.63, 3.8) is 0 Å². The zero-order chi connectivity index (χ0) is 14.2. The van der Waals surface area contributed by atoms with Crippen molar-refractivity contribution in [2.75, 3.05) is 13.7 Å². The van der Waals surface area contributed by atoms with Gasteiger partial charge in [0.15, 0.2) is 12.0 Å². The lowest BCUT2D eigenvalue weighted by atomic mass is 10.3. The summed E-state index contributed by atoms with van der Waals surface area (Å²) in [4.78, 5) is 10.8. The second-order valence-electron chi connectivity index (χ2n) is 4.21. The van der Waals surface area contributed by atoms with Crippen LogP contribution in [0.15, 0.2) is 30.3 Å². The molecule has 0 spiro atoms. The van der Waals surface area contributed by atoms with Crippen LogP contribution in [0.5, 0.6) is 5.75 Å². The van der Waals surface area contributed by atoms with Crippen LogP contribution in [0.2, 0.25) is 0 Å². The number of aromatic nitrogens is 3. The smallest absolute Gasteiger partial charge is 0.172 e. The Hall–Kier alpha value is -2.21. The molecule has 2 aromatic rings. The number of carbonyl (C=O) groups excluding carboxylic acids is 1. The van der Waals surface area contributed by atoms with Gasteiger partial charge in [-0.2, -0.15) is 0 Å². The normalized spacial score (nSPS) is 10.4. The second-order valence-corrected chi connectivity index (χ2v) is 4.21. The van der Waals surface area contributed by atoms with Crippen LogP contribution in [0.1, 0.15) is 22.6 Å². The molecule has 6 nitrogen and oxygen atoms in total. The van der Waals surface area contributed by atoms with E-state index in [-0.39, 0.29) is 0 Å². The molecule has 0 saturated heterocycles. The Bertz CT molecular complexity index is 540. The minimum atomic E-state index is 0.320. The van der Waals surface area contributed by atoms with Crippen molar-refractivity contribution in [3.8, 4) is 5.75 Å². The lowest BCUT2D eigenvalue weighted by Crippen LogP contribution is -2.10. The quantitative estimate of drug-likeness (QED) is 0.542. The molecule has 0 bridgehead atoms. The summed E-state index contributed by atoms with van der Waals surface area (Å²) < 4.78 is 12.3. The van der Waals surface area contributed by atoms with Crippen molar-refractivity contribution in [2.24, 2.45) is 0 Å². The summed E-state index contributed by atoms with van der Waals surface area (Å²) in [6.45, 7) is 1.53. The van der Waals surface area contributed by atoms with Crippen molar-refractivity contribution in [3.05, 3.63) is 41.7 Å². The van der Waals surface area contributed by atoms with E-state index in [1.54, 1.807) is 11.8 Å². The standard InChI is InChI=1S/C14H17N3O3/c1-19-11-14-13(10-18)15-16-17(14)8-5-9-20-12-6-3-2-4-7-12/h2-4,6-7,10H,5,8-9,11H2,1H3. The maximum Gasteiger partial charge on any atom is 0.172 e. The first-order valence-electron chi connectivity index (χ1n) is 6.39. The third-order valence-electron chi connectivity index (χ3n) is 2.79. The molecule has 0 fully saturated rings. The van der Waals surface area contributed by atoms with Gasteiger partial charge in [-0.05, 0) is 12.1 Å². The minimum absolute atomic E-state index is 0.320. The maximum atomic E-state index is 10.8. The van der Waals surface area contributed by atoms with Gasteiger partial charge in [0.05, 0.1) is 18.9 Å². The highest BCUT2D eigenvalue weighted by molar-refractivity contribution is 5.73. The highest BCUT2D eigenvalue weighted by atomic mass is 16.5. The molecule has 0 aliphatic heterocycles. The van der Waals surface area contributed by atoms with Crippen LogP contribution in [0, 0.1) is 0 Å². The lowest BCUT2D eigenvalue weighted by Gasteiger charge is -2.07. The van der Waals surface area contributed by atoms with Crippen LogP contribution in [0.3, 0.4) is 0 Å². The van der Waals surface area contributed by atoms with Crippen LogP contribution in [0.25, 0.3) is 0 Å². The first-order valence-corrected chi connectivity index (χ1v) is 6.39. The van der Waals surface area contributed by atoms with E-state index in [2.05, 4.69) is 10.3 Å². The van der Waals surface area contributed by atoms with Gasteiger partial charge in [-0.1, -0.05) is 23.4 Å². The van der Waals surface area contributed by atoms with Gasteiger partial charge in [0.1, 0.15) is 5.75 Å². The fraction of sp³-hybridized carbons (Fsp3) is 0.357. The van der Waals surface area contributed by atoms with E-state index in [1.165, 1.54) is 0 Å². The van der Waals surface area contributed by atoms with Gasteiger partial charge in [-0.25, -0.2) is 4.68 Å². The molecule has 6 heteroatoms.